The molecule has 1 atom stereocenters. The number of rotatable bonds is 4. The van der Waals surface area contributed by atoms with Crippen LogP contribution in [0.5, 0.6) is 5.75 Å². The van der Waals surface area contributed by atoms with Crippen LogP contribution in [-0.4, -0.2) is 18.2 Å². The molecule has 0 fully saturated rings. The quantitative estimate of drug-likeness (QED) is 0.850. The topological polar surface area (TPSA) is 72.5 Å². The molecule has 0 bridgehead atoms. The van der Waals surface area contributed by atoms with Crippen molar-refractivity contribution in [2.24, 2.45) is 5.73 Å². The third kappa shape index (κ3) is 2.87. The molecular weight excluding hydrogens is 230 g/mol. The summed E-state index contributed by atoms with van der Waals surface area (Å²) in [5.74, 6) is -0.343. The number of halogens is 1. The molecule has 1 rings (SSSR count). The smallest absolute Gasteiger partial charge is 0.305 e. The average molecular weight is 244 g/mol. The summed E-state index contributed by atoms with van der Waals surface area (Å²) in [6.45, 7) is 1.84. The van der Waals surface area contributed by atoms with Crippen LogP contribution in [0.15, 0.2) is 12.1 Å². The summed E-state index contributed by atoms with van der Waals surface area (Å²) in [4.78, 5) is 10.5. The van der Waals surface area contributed by atoms with Gasteiger partial charge in [-0.2, -0.15) is 0 Å². The van der Waals surface area contributed by atoms with Crippen molar-refractivity contribution in [3.05, 3.63) is 28.3 Å². The molecular formula is C11H14ClNO3. The SMILES string of the molecule is COc1c(C)cc(C(N)CC(=O)O)cc1Cl. The Morgan fingerprint density at radius 2 is 2.25 bits per heavy atom. The zero-order valence-electron chi connectivity index (χ0n) is 9.16. The lowest BCUT2D eigenvalue weighted by Crippen LogP contribution is -2.15. The number of ether oxygens (including phenoxy) is 1. The highest BCUT2D eigenvalue weighted by Gasteiger charge is 2.14. The predicted octanol–water partition coefficient (Wildman–Crippen LogP) is 2.13. The Labute approximate surface area is 99.0 Å². The van der Waals surface area contributed by atoms with E-state index in [0.29, 0.717) is 16.3 Å². The highest BCUT2D eigenvalue weighted by atomic mass is 35.5. The zero-order valence-corrected chi connectivity index (χ0v) is 9.91. The van der Waals surface area contributed by atoms with Crippen molar-refractivity contribution < 1.29 is 14.6 Å². The molecule has 0 saturated heterocycles. The van der Waals surface area contributed by atoms with Crippen LogP contribution < -0.4 is 10.5 Å². The molecule has 0 saturated carbocycles. The molecule has 0 aromatic heterocycles. The fraction of sp³-hybridized carbons (Fsp3) is 0.364. The van der Waals surface area contributed by atoms with E-state index in [1.807, 2.05) is 6.92 Å². The Balaban J connectivity index is 3.03. The highest BCUT2D eigenvalue weighted by molar-refractivity contribution is 6.32. The molecule has 1 aromatic carbocycles. The van der Waals surface area contributed by atoms with Crippen molar-refractivity contribution in [2.75, 3.05) is 7.11 Å². The second-order valence-electron chi connectivity index (χ2n) is 3.56. The van der Waals surface area contributed by atoms with Gasteiger partial charge in [0.2, 0.25) is 0 Å². The van der Waals surface area contributed by atoms with Gasteiger partial charge >= 0.3 is 5.97 Å². The predicted molar refractivity (Wildman–Crippen MR) is 61.9 cm³/mol. The summed E-state index contributed by atoms with van der Waals surface area (Å²) in [6, 6.07) is 2.87. The van der Waals surface area contributed by atoms with Crippen LogP contribution in [0.3, 0.4) is 0 Å². The average Bonchev–Trinajstić information content (AvgIpc) is 2.16. The zero-order chi connectivity index (χ0) is 12.3. The molecule has 0 amide bonds. The molecule has 16 heavy (non-hydrogen) atoms. The van der Waals surface area contributed by atoms with E-state index < -0.39 is 12.0 Å². The summed E-state index contributed by atoms with van der Waals surface area (Å²) in [6.07, 6.45) is -0.123. The van der Waals surface area contributed by atoms with E-state index in [1.54, 1.807) is 12.1 Å². The molecule has 0 aliphatic heterocycles. The number of hydrogen-bond donors (Lipinski definition) is 2. The van der Waals surface area contributed by atoms with Gasteiger partial charge in [-0.05, 0) is 24.1 Å². The lowest BCUT2D eigenvalue weighted by Gasteiger charge is -2.14. The molecule has 0 spiro atoms. The number of methoxy groups -OCH3 is 1. The largest absolute Gasteiger partial charge is 0.495 e. The fourth-order valence-corrected chi connectivity index (χ4v) is 1.89. The molecule has 0 aliphatic carbocycles. The molecule has 88 valence electrons. The Hall–Kier alpha value is -1.26. The Kier molecular flexibility index (Phi) is 4.15. The van der Waals surface area contributed by atoms with Crippen LogP contribution in [0.4, 0.5) is 0 Å². The third-order valence-corrected chi connectivity index (χ3v) is 2.56. The lowest BCUT2D eigenvalue weighted by molar-refractivity contribution is -0.137. The van der Waals surface area contributed by atoms with Gasteiger partial charge in [0.1, 0.15) is 5.75 Å². The highest BCUT2D eigenvalue weighted by Crippen LogP contribution is 2.31. The molecule has 0 aliphatic rings. The Bertz CT molecular complexity index is 383. The Morgan fingerprint density at radius 3 is 2.69 bits per heavy atom. The van der Waals surface area contributed by atoms with Crippen LogP contribution in [0.2, 0.25) is 5.02 Å². The van der Waals surface area contributed by atoms with Crippen molar-refractivity contribution >= 4 is 17.6 Å². The fourth-order valence-electron chi connectivity index (χ4n) is 1.54. The molecule has 0 radical (unpaired) electrons. The first-order valence-corrected chi connectivity index (χ1v) is 5.15. The van der Waals surface area contributed by atoms with Crippen molar-refractivity contribution in [3.63, 3.8) is 0 Å². The first kappa shape index (κ1) is 12.8. The summed E-state index contributed by atoms with van der Waals surface area (Å²) < 4.78 is 5.10. The number of carboxylic acids is 1. The van der Waals surface area contributed by atoms with Gasteiger partial charge < -0.3 is 15.6 Å². The van der Waals surface area contributed by atoms with E-state index in [0.717, 1.165) is 5.56 Å². The van der Waals surface area contributed by atoms with Gasteiger partial charge in [-0.25, -0.2) is 0 Å². The molecule has 4 nitrogen and oxygen atoms in total. The number of hydrogen-bond acceptors (Lipinski definition) is 3. The van der Waals surface area contributed by atoms with Gasteiger partial charge in [-0.3, -0.25) is 4.79 Å². The minimum Gasteiger partial charge on any atom is -0.495 e. The van der Waals surface area contributed by atoms with Crippen molar-refractivity contribution in [1.82, 2.24) is 0 Å². The van der Waals surface area contributed by atoms with Crippen LogP contribution in [0, 0.1) is 6.92 Å². The monoisotopic (exact) mass is 243 g/mol. The van der Waals surface area contributed by atoms with Crippen molar-refractivity contribution in [2.45, 2.75) is 19.4 Å². The van der Waals surface area contributed by atoms with Crippen molar-refractivity contribution in [1.29, 1.82) is 0 Å². The van der Waals surface area contributed by atoms with Gasteiger partial charge in [-0.15, -0.1) is 0 Å². The maximum atomic E-state index is 10.5. The minimum atomic E-state index is -0.933. The van der Waals surface area contributed by atoms with Gasteiger partial charge in [0, 0.05) is 6.04 Å². The number of carboxylic acid groups (broad SMARTS) is 1. The number of nitrogens with two attached hydrogens (primary N) is 1. The molecule has 1 aromatic rings. The van der Waals surface area contributed by atoms with Crippen LogP contribution in [-0.2, 0) is 4.79 Å². The van der Waals surface area contributed by atoms with E-state index in [-0.39, 0.29) is 6.42 Å². The summed E-state index contributed by atoms with van der Waals surface area (Å²) in [7, 11) is 1.53. The van der Waals surface area contributed by atoms with Gasteiger partial charge in [0.15, 0.2) is 0 Å². The van der Waals surface area contributed by atoms with Crippen LogP contribution in [0.25, 0.3) is 0 Å². The summed E-state index contributed by atoms with van der Waals surface area (Å²) in [5.41, 5.74) is 7.28. The molecule has 5 heteroatoms. The lowest BCUT2D eigenvalue weighted by atomic mass is 10.0. The first-order chi connectivity index (χ1) is 7.45. The Morgan fingerprint density at radius 1 is 1.62 bits per heavy atom. The second-order valence-corrected chi connectivity index (χ2v) is 3.96. The summed E-state index contributed by atoms with van der Waals surface area (Å²) >= 11 is 5.99. The van der Waals surface area contributed by atoms with Gasteiger partial charge in [0.05, 0.1) is 18.6 Å². The van der Waals surface area contributed by atoms with Gasteiger partial charge in [0.25, 0.3) is 0 Å². The van der Waals surface area contributed by atoms with E-state index in [1.165, 1.54) is 7.11 Å². The van der Waals surface area contributed by atoms with Crippen molar-refractivity contribution in [3.8, 4) is 5.75 Å². The maximum absolute atomic E-state index is 10.5. The number of carbonyl (C=O) groups is 1. The normalized spacial score (nSPS) is 12.2. The molecule has 1 unspecified atom stereocenters. The van der Waals surface area contributed by atoms with Crippen LogP contribution in [0.1, 0.15) is 23.6 Å². The number of benzene rings is 1. The standard InChI is InChI=1S/C11H14ClNO3/c1-6-3-7(9(13)5-10(14)15)4-8(12)11(6)16-2/h3-4,9H,5,13H2,1-2H3,(H,14,15). The second kappa shape index (κ2) is 5.18. The first-order valence-electron chi connectivity index (χ1n) is 4.77. The van der Waals surface area contributed by atoms with E-state index in [2.05, 4.69) is 0 Å². The molecule has 3 N–H and O–H groups in total. The number of aryl methyl sites for hydroxylation is 1. The van der Waals surface area contributed by atoms with E-state index in [4.69, 9.17) is 27.2 Å². The van der Waals surface area contributed by atoms with Gasteiger partial charge in [-0.1, -0.05) is 17.7 Å². The third-order valence-electron chi connectivity index (χ3n) is 2.28. The summed E-state index contributed by atoms with van der Waals surface area (Å²) in [5, 5.41) is 9.09. The maximum Gasteiger partial charge on any atom is 0.305 e. The van der Waals surface area contributed by atoms with E-state index >= 15 is 0 Å². The van der Waals surface area contributed by atoms with Crippen LogP contribution >= 0.6 is 11.6 Å². The minimum absolute atomic E-state index is 0.123. The van der Waals surface area contributed by atoms with E-state index in [9.17, 15) is 4.79 Å². The number of aliphatic carboxylic acids is 1. The molecule has 0 heterocycles.